The molecule has 5 heteroatoms. The molecule has 2 nitrogen and oxygen atoms in total. The predicted octanol–water partition coefficient (Wildman–Crippen LogP) is 3.56. The molecule has 1 saturated carbocycles. The van der Waals surface area contributed by atoms with Crippen molar-refractivity contribution in [3.05, 3.63) is 0 Å². The summed E-state index contributed by atoms with van der Waals surface area (Å²) in [5.41, 5.74) is 5.89. The second-order valence-electron chi connectivity index (χ2n) is 6.47. The van der Waals surface area contributed by atoms with Gasteiger partial charge in [-0.25, -0.2) is 0 Å². The minimum atomic E-state index is -4.01. The van der Waals surface area contributed by atoms with Crippen LogP contribution >= 0.6 is 0 Å². The van der Waals surface area contributed by atoms with Crippen molar-refractivity contribution >= 4 is 0 Å². The van der Waals surface area contributed by atoms with Crippen LogP contribution in [0.1, 0.15) is 51.9 Å². The van der Waals surface area contributed by atoms with Gasteiger partial charge in [0.25, 0.3) is 0 Å². The lowest BCUT2D eigenvalue weighted by molar-refractivity contribution is -0.185. The molecule has 1 saturated heterocycles. The number of alkyl halides is 3. The molecule has 1 aliphatic carbocycles. The van der Waals surface area contributed by atoms with Gasteiger partial charge in [0.15, 0.2) is 0 Å². The third-order valence-corrected chi connectivity index (χ3v) is 5.35. The van der Waals surface area contributed by atoms with Crippen molar-refractivity contribution in [3.8, 4) is 0 Å². The van der Waals surface area contributed by atoms with Gasteiger partial charge >= 0.3 is 6.18 Å². The summed E-state index contributed by atoms with van der Waals surface area (Å²) in [6.07, 6.45) is 1.41. The topological polar surface area (TPSA) is 29.3 Å². The van der Waals surface area contributed by atoms with Gasteiger partial charge in [0, 0.05) is 18.6 Å². The number of likely N-dealkylation sites (tertiary alicyclic amines) is 1. The van der Waals surface area contributed by atoms with Crippen molar-refractivity contribution in [2.75, 3.05) is 13.1 Å². The first-order valence-electron chi connectivity index (χ1n) is 7.98. The van der Waals surface area contributed by atoms with Gasteiger partial charge < -0.3 is 5.73 Å². The Morgan fingerprint density at radius 1 is 1.10 bits per heavy atom. The molecule has 1 heterocycles. The summed E-state index contributed by atoms with van der Waals surface area (Å²) in [6.45, 7) is 3.86. The lowest BCUT2D eigenvalue weighted by atomic mass is 9.81. The molecule has 2 aliphatic rings. The molecule has 0 spiro atoms. The van der Waals surface area contributed by atoms with E-state index in [4.69, 9.17) is 5.73 Å². The van der Waals surface area contributed by atoms with E-state index in [1.165, 1.54) is 12.8 Å². The third kappa shape index (κ3) is 3.67. The zero-order chi connectivity index (χ0) is 14.8. The number of halogens is 3. The van der Waals surface area contributed by atoms with Crippen molar-refractivity contribution in [1.82, 2.24) is 4.90 Å². The highest BCUT2D eigenvalue weighted by molar-refractivity contribution is 4.90. The molecule has 20 heavy (non-hydrogen) atoms. The van der Waals surface area contributed by atoms with Gasteiger partial charge in [-0.05, 0) is 51.0 Å². The molecule has 2 unspecified atom stereocenters. The van der Waals surface area contributed by atoms with Crippen molar-refractivity contribution in [3.63, 3.8) is 0 Å². The van der Waals surface area contributed by atoms with Crippen molar-refractivity contribution in [2.24, 2.45) is 17.6 Å². The molecular formula is C15H27F3N2. The Bertz CT molecular complexity index is 298. The quantitative estimate of drug-likeness (QED) is 0.862. The molecule has 1 aliphatic heterocycles. The molecule has 0 aromatic heterocycles. The largest absolute Gasteiger partial charge is 0.391 e. The van der Waals surface area contributed by atoms with Crippen LogP contribution in [0.25, 0.3) is 0 Å². The normalized spacial score (nSPS) is 37.0. The van der Waals surface area contributed by atoms with Crippen molar-refractivity contribution in [2.45, 2.75) is 70.1 Å². The second kappa shape index (κ2) is 6.65. The van der Waals surface area contributed by atoms with E-state index in [9.17, 15) is 13.2 Å². The maximum absolute atomic E-state index is 12.7. The van der Waals surface area contributed by atoms with E-state index in [-0.39, 0.29) is 0 Å². The molecule has 118 valence electrons. The maximum Gasteiger partial charge on any atom is 0.391 e. The minimum absolute atomic E-state index is 0.291. The van der Waals surface area contributed by atoms with Gasteiger partial charge in [-0.3, -0.25) is 4.90 Å². The smallest absolute Gasteiger partial charge is 0.329 e. The van der Waals surface area contributed by atoms with Crippen LogP contribution in [0.3, 0.4) is 0 Å². The molecule has 0 amide bonds. The highest BCUT2D eigenvalue weighted by Crippen LogP contribution is 2.40. The van der Waals surface area contributed by atoms with Gasteiger partial charge in [-0.15, -0.1) is 0 Å². The van der Waals surface area contributed by atoms with Gasteiger partial charge in [0.2, 0.25) is 0 Å². The Hall–Kier alpha value is -0.290. The highest BCUT2D eigenvalue weighted by atomic mass is 19.4. The number of rotatable bonds is 3. The number of piperidine rings is 1. The second-order valence-corrected chi connectivity index (χ2v) is 6.47. The van der Waals surface area contributed by atoms with E-state index >= 15 is 0 Å². The van der Waals surface area contributed by atoms with Crippen molar-refractivity contribution in [1.29, 1.82) is 0 Å². The van der Waals surface area contributed by atoms with Crippen LogP contribution in [0, 0.1) is 11.8 Å². The lowest BCUT2D eigenvalue weighted by Crippen LogP contribution is -2.52. The van der Waals surface area contributed by atoms with Crippen LogP contribution in [0.5, 0.6) is 0 Å². The van der Waals surface area contributed by atoms with Crippen molar-refractivity contribution < 1.29 is 13.2 Å². The summed E-state index contributed by atoms with van der Waals surface area (Å²) >= 11 is 0. The fourth-order valence-electron chi connectivity index (χ4n) is 3.97. The fraction of sp³-hybridized carbons (Fsp3) is 1.00. The number of hydrogen-bond acceptors (Lipinski definition) is 2. The van der Waals surface area contributed by atoms with E-state index in [1.807, 2.05) is 0 Å². The summed E-state index contributed by atoms with van der Waals surface area (Å²) < 4.78 is 38.2. The zero-order valence-corrected chi connectivity index (χ0v) is 12.3. The first kappa shape index (κ1) is 16.1. The van der Waals surface area contributed by atoms with Crippen LogP contribution < -0.4 is 5.73 Å². The molecule has 0 aromatic carbocycles. The average molecular weight is 292 g/mol. The summed E-state index contributed by atoms with van der Waals surface area (Å²) in [5, 5.41) is 0. The van der Waals surface area contributed by atoms with Crippen LogP contribution in [-0.2, 0) is 0 Å². The SMILES string of the molecule is CCC1CCN(C2CCC(C(F)(F)F)CC2)C(CN)C1. The van der Waals surface area contributed by atoms with Crippen LogP contribution in [-0.4, -0.2) is 36.2 Å². The molecular weight excluding hydrogens is 265 g/mol. The third-order valence-electron chi connectivity index (χ3n) is 5.35. The minimum Gasteiger partial charge on any atom is -0.329 e. The van der Waals surface area contributed by atoms with Gasteiger partial charge in [0.05, 0.1) is 5.92 Å². The first-order chi connectivity index (χ1) is 9.45. The number of nitrogens with two attached hydrogens (primary N) is 1. The van der Waals surface area contributed by atoms with E-state index in [0.29, 0.717) is 44.3 Å². The molecule has 2 rings (SSSR count). The van der Waals surface area contributed by atoms with E-state index in [0.717, 1.165) is 18.9 Å². The van der Waals surface area contributed by atoms with E-state index < -0.39 is 12.1 Å². The molecule has 0 aromatic rings. The summed E-state index contributed by atoms with van der Waals surface area (Å²) in [7, 11) is 0. The first-order valence-corrected chi connectivity index (χ1v) is 7.98. The molecule has 0 bridgehead atoms. The summed E-state index contributed by atoms with van der Waals surface area (Å²) in [4.78, 5) is 2.42. The van der Waals surface area contributed by atoms with Gasteiger partial charge in [-0.2, -0.15) is 13.2 Å². The van der Waals surface area contributed by atoms with E-state index in [2.05, 4.69) is 11.8 Å². The molecule has 2 N–H and O–H groups in total. The predicted molar refractivity (Wildman–Crippen MR) is 74.4 cm³/mol. The molecule has 2 fully saturated rings. The number of nitrogens with zero attached hydrogens (tertiary/aromatic N) is 1. The summed E-state index contributed by atoms with van der Waals surface area (Å²) in [5.74, 6) is -0.338. The summed E-state index contributed by atoms with van der Waals surface area (Å²) in [6, 6.07) is 0.695. The number of hydrogen-bond donors (Lipinski definition) is 1. The van der Waals surface area contributed by atoms with E-state index in [1.54, 1.807) is 0 Å². The van der Waals surface area contributed by atoms with Gasteiger partial charge in [-0.1, -0.05) is 13.3 Å². The average Bonchev–Trinajstić information content (AvgIpc) is 2.45. The molecule has 2 atom stereocenters. The fourth-order valence-corrected chi connectivity index (χ4v) is 3.97. The Balaban J connectivity index is 1.89. The Kier molecular flexibility index (Phi) is 5.35. The molecule has 0 radical (unpaired) electrons. The monoisotopic (exact) mass is 292 g/mol. The Labute approximate surface area is 119 Å². The highest BCUT2D eigenvalue weighted by Gasteiger charge is 2.43. The van der Waals surface area contributed by atoms with Crippen LogP contribution in [0.15, 0.2) is 0 Å². The van der Waals surface area contributed by atoms with Crippen LogP contribution in [0.2, 0.25) is 0 Å². The Morgan fingerprint density at radius 3 is 2.25 bits per heavy atom. The Morgan fingerprint density at radius 2 is 1.75 bits per heavy atom. The zero-order valence-electron chi connectivity index (χ0n) is 12.3. The lowest BCUT2D eigenvalue weighted by Gasteiger charge is -2.45. The maximum atomic E-state index is 12.7. The standard InChI is InChI=1S/C15H27F3N2/c1-2-11-7-8-20(14(9-11)10-19)13-5-3-12(4-6-13)15(16,17)18/h11-14H,2-10,19H2,1H3. The van der Waals surface area contributed by atoms with Gasteiger partial charge in [0.1, 0.15) is 0 Å². The van der Waals surface area contributed by atoms with Crippen LogP contribution in [0.4, 0.5) is 13.2 Å².